The van der Waals surface area contributed by atoms with Gasteiger partial charge in [-0.15, -0.1) is 0 Å². The van der Waals surface area contributed by atoms with Gasteiger partial charge in [-0.05, 0) is 69.2 Å². The Labute approximate surface area is 213 Å². The Morgan fingerprint density at radius 3 is 2.09 bits per heavy atom. The molecule has 10 heteroatoms. The largest absolute Gasteiger partial charge is 0.497 e. The van der Waals surface area contributed by atoms with E-state index in [4.69, 9.17) is 16.3 Å². The van der Waals surface area contributed by atoms with Crippen molar-refractivity contribution in [1.29, 1.82) is 0 Å². The Hall–Kier alpha value is -2.78. The van der Waals surface area contributed by atoms with Crippen LogP contribution in [0.25, 0.3) is 0 Å². The molecule has 0 aromatic heterocycles. The zero-order chi connectivity index (χ0) is 26.4. The number of hydrogen-bond acceptors (Lipinski definition) is 5. The predicted octanol–water partition coefficient (Wildman–Crippen LogP) is 3.84. The molecule has 0 spiro atoms. The summed E-state index contributed by atoms with van der Waals surface area (Å²) in [5.41, 5.74) is 0.585. The maximum atomic E-state index is 13.6. The van der Waals surface area contributed by atoms with Crippen LogP contribution in [0.3, 0.4) is 0 Å². The number of nitrogens with zero attached hydrogens (tertiary/aromatic N) is 2. The normalized spacial score (nSPS) is 12.5. The van der Waals surface area contributed by atoms with Crippen molar-refractivity contribution in [2.45, 2.75) is 52.2 Å². The molecule has 0 fully saturated rings. The first kappa shape index (κ1) is 28.5. The van der Waals surface area contributed by atoms with Gasteiger partial charge in [0.1, 0.15) is 18.3 Å². The van der Waals surface area contributed by atoms with Gasteiger partial charge in [-0.1, -0.05) is 30.7 Å². The quantitative estimate of drug-likeness (QED) is 0.510. The number of hydrogen-bond donors (Lipinski definition) is 1. The number of amides is 2. The summed E-state index contributed by atoms with van der Waals surface area (Å²) in [5, 5.41) is 3.38. The monoisotopic (exact) mass is 523 g/mol. The number of rotatable bonds is 10. The summed E-state index contributed by atoms with van der Waals surface area (Å²) in [6, 6.07) is 12.5. The maximum absolute atomic E-state index is 13.6. The fourth-order valence-electron chi connectivity index (χ4n) is 3.52. The molecule has 0 radical (unpaired) electrons. The molecule has 8 nitrogen and oxygen atoms in total. The van der Waals surface area contributed by atoms with Crippen molar-refractivity contribution in [3.05, 3.63) is 59.1 Å². The average molecular weight is 524 g/mol. The van der Waals surface area contributed by atoms with Gasteiger partial charge in [0, 0.05) is 17.1 Å². The molecule has 0 aliphatic carbocycles. The van der Waals surface area contributed by atoms with Crippen LogP contribution in [0.2, 0.25) is 5.02 Å². The molecule has 0 unspecified atom stereocenters. The van der Waals surface area contributed by atoms with Crippen molar-refractivity contribution in [3.8, 4) is 5.75 Å². The zero-order valence-corrected chi connectivity index (χ0v) is 22.6. The van der Waals surface area contributed by atoms with E-state index in [9.17, 15) is 18.0 Å². The highest BCUT2D eigenvalue weighted by atomic mass is 35.5. The summed E-state index contributed by atoms with van der Waals surface area (Å²) in [4.78, 5) is 28.2. The highest BCUT2D eigenvalue weighted by Crippen LogP contribution is 2.22. The van der Waals surface area contributed by atoms with Crippen molar-refractivity contribution in [2.24, 2.45) is 0 Å². The van der Waals surface area contributed by atoms with E-state index in [-0.39, 0.29) is 12.5 Å². The van der Waals surface area contributed by atoms with Crippen LogP contribution < -0.4 is 14.4 Å². The number of benzene rings is 2. The van der Waals surface area contributed by atoms with E-state index in [1.165, 1.54) is 17.0 Å². The van der Waals surface area contributed by atoms with E-state index in [0.717, 1.165) is 16.1 Å². The number of carbonyl (C=O) groups is 2. The maximum Gasteiger partial charge on any atom is 0.244 e. The molecule has 2 aromatic rings. The van der Waals surface area contributed by atoms with E-state index in [1.54, 1.807) is 43.5 Å². The Morgan fingerprint density at radius 2 is 1.63 bits per heavy atom. The van der Waals surface area contributed by atoms with Gasteiger partial charge < -0.3 is 15.0 Å². The molecular formula is C25H34ClN3O5S. The summed E-state index contributed by atoms with van der Waals surface area (Å²) in [6.07, 6.45) is 1.38. The molecule has 0 aliphatic rings. The number of halogens is 1. The van der Waals surface area contributed by atoms with E-state index in [2.05, 4.69) is 5.32 Å². The minimum atomic E-state index is -3.80. The molecule has 192 valence electrons. The van der Waals surface area contributed by atoms with Crippen LogP contribution >= 0.6 is 11.6 Å². The highest BCUT2D eigenvalue weighted by molar-refractivity contribution is 7.92. The Kier molecular flexibility index (Phi) is 9.57. The highest BCUT2D eigenvalue weighted by Gasteiger charge is 2.33. The lowest BCUT2D eigenvalue weighted by Crippen LogP contribution is -2.55. The number of methoxy groups -OCH3 is 1. The molecule has 0 heterocycles. The Morgan fingerprint density at radius 1 is 1.06 bits per heavy atom. The second-order valence-corrected chi connectivity index (χ2v) is 11.6. The topological polar surface area (TPSA) is 96.0 Å². The van der Waals surface area contributed by atoms with Crippen molar-refractivity contribution in [2.75, 3.05) is 24.2 Å². The summed E-state index contributed by atoms with van der Waals surface area (Å²) in [7, 11) is -2.24. The van der Waals surface area contributed by atoms with E-state index < -0.39 is 34.1 Å². The molecule has 0 saturated heterocycles. The molecule has 2 rings (SSSR count). The fraction of sp³-hybridized carbons (Fsp3) is 0.440. The van der Waals surface area contributed by atoms with Crippen molar-refractivity contribution >= 4 is 39.1 Å². The van der Waals surface area contributed by atoms with Crippen molar-refractivity contribution < 1.29 is 22.7 Å². The second kappa shape index (κ2) is 11.8. The van der Waals surface area contributed by atoms with Gasteiger partial charge in [-0.25, -0.2) is 8.42 Å². The molecular weight excluding hydrogens is 490 g/mol. The van der Waals surface area contributed by atoms with Gasteiger partial charge in [0.15, 0.2) is 0 Å². The van der Waals surface area contributed by atoms with Gasteiger partial charge in [-0.3, -0.25) is 13.9 Å². The van der Waals surface area contributed by atoms with E-state index in [1.807, 2.05) is 27.7 Å². The number of carbonyl (C=O) groups excluding carboxylic acids is 2. The molecule has 0 aliphatic heterocycles. The van der Waals surface area contributed by atoms with Gasteiger partial charge >= 0.3 is 0 Å². The minimum absolute atomic E-state index is 0.122. The SMILES string of the molecule is CC[C@H](C(=O)NC(C)(C)C)N(Cc1ccc(OC)cc1)C(=O)CN(c1ccc(Cl)cc1)S(C)(=O)=O. The van der Waals surface area contributed by atoms with Gasteiger partial charge in [0.2, 0.25) is 21.8 Å². The number of sulfonamides is 1. The minimum Gasteiger partial charge on any atom is -0.497 e. The lowest BCUT2D eigenvalue weighted by Gasteiger charge is -2.34. The third kappa shape index (κ3) is 8.43. The fourth-order valence-corrected chi connectivity index (χ4v) is 4.50. The molecule has 2 aromatic carbocycles. The lowest BCUT2D eigenvalue weighted by molar-refractivity contribution is -0.141. The van der Waals surface area contributed by atoms with Gasteiger partial charge in [0.05, 0.1) is 19.1 Å². The zero-order valence-electron chi connectivity index (χ0n) is 21.0. The first-order valence-electron chi connectivity index (χ1n) is 11.2. The molecule has 2 amide bonds. The van der Waals surface area contributed by atoms with Crippen molar-refractivity contribution in [3.63, 3.8) is 0 Å². The molecule has 0 saturated carbocycles. The lowest BCUT2D eigenvalue weighted by atomic mass is 10.1. The average Bonchev–Trinajstić information content (AvgIpc) is 2.76. The van der Waals surface area contributed by atoms with Gasteiger partial charge in [-0.2, -0.15) is 0 Å². The van der Waals surface area contributed by atoms with Crippen LogP contribution in [0.1, 0.15) is 39.7 Å². The molecule has 35 heavy (non-hydrogen) atoms. The third-order valence-corrected chi connectivity index (χ3v) is 6.58. The Bertz CT molecular complexity index is 1110. The molecule has 1 atom stereocenters. The summed E-state index contributed by atoms with van der Waals surface area (Å²) < 4.78 is 31.4. The van der Waals surface area contributed by atoms with Crippen LogP contribution in [0.15, 0.2) is 48.5 Å². The number of nitrogens with one attached hydrogen (secondary N) is 1. The summed E-state index contributed by atoms with van der Waals surface area (Å²) in [5.74, 6) is -0.147. The van der Waals surface area contributed by atoms with Crippen LogP contribution in [0.4, 0.5) is 5.69 Å². The Balaban J connectivity index is 2.44. The predicted molar refractivity (Wildman–Crippen MR) is 139 cm³/mol. The second-order valence-electron chi connectivity index (χ2n) is 9.28. The van der Waals surface area contributed by atoms with Crippen LogP contribution in [0, 0.1) is 0 Å². The van der Waals surface area contributed by atoms with E-state index in [0.29, 0.717) is 22.9 Å². The number of ether oxygens (including phenoxy) is 1. The van der Waals surface area contributed by atoms with Crippen LogP contribution in [-0.2, 0) is 26.2 Å². The summed E-state index contributed by atoms with van der Waals surface area (Å²) >= 11 is 5.95. The van der Waals surface area contributed by atoms with Crippen LogP contribution in [-0.4, -0.2) is 56.6 Å². The summed E-state index contributed by atoms with van der Waals surface area (Å²) in [6.45, 7) is 7.05. The van der Waals surface area contributed by atoms with Gasteiger partial charge in [0.25, 0.3) is 0 Å². The van der Waals surface area contributed by atoms with E-state index >= 15 is 0 Å². The molecule has 0 bridgehead atoms. The number of anilines is 1. The van der Waals surface area contributed by atoms with Crippen LogP contribution in [0.5, 0.6) is 5.75 Å². The first-order valence-corrected chi connectivity index (χ1v) is 13.5. The third-order valence-electron chi connectivity index (χ3n) is 5.19. The first-order chi connectivity index (χ1) is 16.2. The smallest absolute Gasteiger partial charge is 0.244 e. The standard InChI is InChI=1S/C25H34ClN3O5S/c1-7-22(24(31)27-25(2,3)4)28(16-18-8-14-21(34-5)15-9-18)23(30)17-29(35(6,32)33)20-12-10-19(26)11-13-20/h8-15,22H,7,16-17H2,1-6H3,(H,27,31)/t22-/m1/s1. The van der Waals surface area contributed by atoms with Crippen molar-refractivity contribution in [1.82, 2.24) is 10.2 Å². The molecule has 1 N–H and O–H groups in total.